The van der Waals surface area contributed by atoms with Crippen molar-refractivity contribution in [2.45, 2.75) is 49.8 Å². The van der Waals surface area contributed by atoms with Gasteiger partial charge in [0.05, 0.1) is 0 Å². The summed E-state index contributed by atoms with van der Waals surface area (Å²) in [6.07, 6.45) is 5.45. The van der Waals surface area contributed by atoms with Crippen molar-refractivity contribution in [1.29, 1.82) is 0 Å². The van der Waals surface area contributed by atoms with Crippen molar-refractivity contribution >= 4 is 35.9 Å². The lowest BCUT2D eigenvalue weighted by Gasteiger charge is -2.24. The summed E-state index contributed by atoms with van der Waals surface area (Å²) in [6.45, 7) is 0.796. The molecule has 1 saturated carbocycles. The lowest BCUT2D eigenvalue weighted by Crippen LogP contribution is -2.45. The maximum atomic E-state index is 13.1. The number of ketones is 1. The number of benzene rings is 1. The van der Waals surface area contributed by atoms with Crippen LogP contribution in [-0.2, 0) is 11.2 Å². The first-order chi connectivity index (χ1) is 14.2. The molecule has 9 heteroatoms. The maximum absolute atomic E-state index is 13.1. The molecule has 1 amide bonds. The Balaban J connectivity index is 0.00000320. The first-order valence-electron chi connectivity index (χ1n) is 10.2. The van der Waals surface area contributed by atoms with Crippen LogP contribution in [0.1, 0.15) is 48.4 Å². The van der Waals surface area contributed by atoms with Crippen LogP contribution in [0, 0.1) is 5.92 Å². The molecule has 30 heavy (non-hydrogen) atoms. The fourth-order valence-electron chi connectivity index (χ4n) is 3.47. The van der Waals surface area contributed by atoms with Gasteiger partial charge in [-0.05, 0) is 25.5 Å². The second-order valence-electron chi connectivity index (χ2n) is 7.28. The van der Waals surface area contributed by atoms with E-state index in [4.69, 9.17) is 4.42 Å². The van der Waals surface area contributed by atoms with E-state index in [0.717, 1.165) is 43.5 Å². The van der Waals surface area contributed by atoms with Crippen LogP contribution in [0.2, 0.25) is 0 Å². The van der Waals surface area contributed by atoms with E-state index in [9.17, 15) is 9.59 Å². The van der Waals surface area contributed by atoms with Crippen LogP contribution in [0.15, 0.2) is 40.0 Å². The topological polar surface area (TPSA) is 97.1 Å². The molecule has 0 aliphatic heterocycles. The number of halogens is 1. The van der Waals surface area contributed by atoms with E-state index in [1.807, 2.05) is 37.4 Å². The Morgan fingerprint density at radius 3 is 2.60 bits per heavy atom. The molecule has 2 N–H and O–H groups in total. The van der Waals surface area contributed by atoms with Crippen molar-refractivity contribution in [1.82, 2.24) is 20.8 Å². The van der Waals surface area contributed by atoms with Gasteiger partial charge in [-0.2, -0.15) is 0 Å². The monoisotopic (exact) mass is 452 g/mol. The summed E-state index contributed by atoms with van der Waals surface area (Å²) in [4.78, 5) is 25.9. The fraction of sp³-hybridized carbons (Fsp3) is 0.524. The molecule has 0 unspecified atom stereocenters. The number of Topliss-reactive ketones (excluding diaryl/α,β-unsaturated/α-hetero) is 1. The number of thioether (sulfide) groups is 1. The first kappa shape index (κ1) is 24.4. The fourth-order valence-corrected chi connectivity index (χ4v) is 4.19. The van der Waals surface area contributed by atoms with Crippen molar-refractivity contribution in [2.24, 2.45) is 5.92 Å². The van der Waals surface area contributed by atoms with Crippen molar-refractivity contribution in [3.8, 4) is 0 Å². The molecule has 3 rings (SSSR count). The van der Waals surface area contributed by atoms with Gasteiger partial charge in [-0.3, -0.25) is 9.59 Å². The Bertz CT molecular complexity index is 797. The molecule has 0 radical (unpaired) electrons. The highest BCUT2D eigenvalue weighted by atomic mass is 35.5. The molecule has 0 spiro atoms. The van der Waals surface area contributed by atoms with E-state index in [0.29, 0.717) is 11.6 Å². The highest BCUT2D eigenvalue weighted by Crippen LogP contribution is 2.24. The Hall–Kier alpha value is -1.90. The molecule has 1 aromatic heterocycles. The van der Waals surface area contributed by atoms with Crippen LogP contribution < -0.4 is 10.6 Å². The van der Waals surface area contributed by atoms with Crippen molar-refractivity contribution in [3.63, 3.8) is 0 Å². The van der Waals surface area contributed by atoms with Crippen LogP contribution in [0.4, 0.5) is 0 Å². The number of nitrogens with zero attached hydrogens (tertiary/aromatic N) is 2. The summed E-state index contributed by atoms with van der Waals surface area (Å²) in [5, 5.41) is 14.2. The Morgan fingerprint density at radius 2 is 1.90 bits per heavy atom. The standard InChI is InChI=1S/C21H28N4O3S.ClH/c1-22-12-13-29-21-25-24-20(28-21)18(26)17(14-15-8-4-2-5-9-15)23-19(27)16-10-6-3-7-11-16;/h2,4-5,8-9,16-17,22H,3,6-7,10-14H2,1H3,(H,23,27);1H/t17-;/m0./s1. The number of rotatable bonds is 10. The number of aromatic nitrogens is 2. The molecule has 0 bridgehead atoms. The smallest absolute Gasteiger partial charge is 0.286 e. The van der Waals surface area contributed by atoms with Gasteiger partial charge in [0.15, 0.2) is 0 Å². The van der Waals surface area contributed by atoms with Crippen molar-refractivity contribution < 1.29 is 14.0 Å². The van der Waals surface area contributed by atoms with E-state index in [2.05, 4.69) is 20.8 Å². The third-order valence-electron chi connectivity index (χ3n) is 5.09. The number of carbonyl (C=O) groups is 2. The van der Waals surface area contributed by atoms with E-state index in [1.54, 1.807) is 0 Å². The zero-order valence-corrected chi connectivity index (χ0v) is 18.8. The molecule has 164 valence electrons. The second kappa shape index (κ2) is 12.7. The SMILES string of the molecule is CNCCSc1nnc(C(=O)[C@H](Cc2ccccc2)NC(=O)C2CCCCC2)o1.Cl. The first-order valence-corrected chi connectivity index (χ1v) is 11.2. The van der Waals surface area contributed by atoms with Gasteiger partial charge >= 0.3 is 0 Å². The zero-order chi connectivity index (χ0) is 20.5. The molecule has 1 fully saturated rings. The average Bonchev–Trinajstić information content (AvgIpc) is 3.23. The minimum Gasteiger partial charge on any atom is -0.408 e. The Morgan fingerprint density at radius 1 is 1.17 bits per heavy atom. The van der Waals surface area contributed by atoms with Crippen molar-refractivity contribution in [2.75, 3.05) is 19.3 Å². The van der Waals surface area contributed by atoms with Gasteiger partial charge < -0.3 is 15.1 Å². The number of hydrogen-bond donors (Lipinski definition) is 2. The van der Waals surface area contributed by atoms with Gasteiger partial charge in [0.1, 0.15) is 6.04 Å². The summed E-state index contributed by atoms with van der Waals surface area (Å²) in [7, 11) is 1.87. The van der Waals surface area contributed by atoms with Crippen LogP contribution in [0.25, 0.3) is 0 Å². The summed E-state index contributed by atoms with van der Waals surface area (Å²) in [5.41, 5.74) is 0.970. The number of nitrogens with one attached hydrogen (secondary N) is 2. The van der Waals surface area contributed by atoms with Crippen molar-refractivity contribution in [3.05, 3.63) is 41.8 Å². The van der Waals surface area contributed by atoms with E-state index >= 15 is 0 Å². The number of carbonyl (C=O) groups excluding carboxylic acids is 2. The highest BCUT2D eigenvalue weighted by Gasteiger charge is 2.30. The van der Waals surface area contributed by atoms with Gasteiger partial charge in [-0.15, -0.1) is 22.6 Å². The third-order valence-corrected chi connectivity index (χ3v) is 5.91. The molecule has 1 aromatic carbocycles. The van der Waals surface area contributed by atoms with E-state index in [-0.39, 0.29) is 35.9 Å². The van der Waals surface area contributed by atoms with Gasteiger partial charge in [-0.25, -0.2) is 0 Å². The molecule has 1 aliphatic rings. The molecular weight excluding hydrogens is 424 g/mol. The number of hydrogen-bond acceptors (Lipinski definition) is 7. The van der Waals surface area contributed by atoms with E-state index in [1.165, 1.54) is 18.2 Å². The minimum absolute atomic E-state index is 0. The zero-order valence-electron chi connectivity index (χ0n) is 17.1. The summed E-state index contributed by atoms with van der Waals surface area (Å²) in [6, 6.07) is 8.93. The van der Waals surface area contributed by atoms with Crippen LogP contribution in [0.3, 0.4) is 0 Å². The normalized spacial score (nSPS) is 15.2. The molecule has 7 nitrogen and oxygen atoms in total. The van der Waals surface area contributed by atoms with Gasteiger partial charge in [0.25, 0.3) is 11.1 Å². The Labute approximate surface area is 187 Å². The van der Waals surface area contributed by atoms with Gasteiger partial charge in [0, 0.05) is 24.6 Å². The summed E-state index contributed by atoms with van der Waals surface area (Å²) >= 11 is 1.39. The minimum atomic E-state index is -0.720. The maximum Gasteiger partial charge on any atom is 0.286 e. The molecular formula is C21H29ClN4O3S. The molecule has 2 aromatic rings. The highest BCUT2D eigenvalue weighted by molar-refractivity contribution is 7.99. The third kappa shape index (κ3) is 7.11. The van der Waals surface area contributed by atoms with Gasteiger partial charge in [-0.1, -0.05) is 61.4 Å². The Kier molecular flexibility index (Phi) is 10.3. The predicted octanol–water partition coefficient (Wildman–Crippen LogP) is 3.29. The van der Waals surface area contributed by atoms with Crippen LogP contribution >= 0.6 is 24.2 Å². The lowest BCUT2D eigenvalue weighted by molar-refractivity contribution is -0.126. The summed E-state index contributed by atoms with van der Waals surface area (Å²) < 4.78 is 5.55. The van der Waals surface area contributed by atoms with Crippen LogP contribution in [0.5, 0.6) is 0 Å². The van der Waals surface area contributed by atoms with Crippen LogP contribution in [-0.4, -0.2) is 47.3 Å². The lowest BCUT2D eigenvalue weighted by atomic mass is 9.88. The average molecular weight is 453 g/mol. The molecule has 1 heterocycles. The molecule has 1 atom stereocenters. The van der Waals surface area contributed by atoms with Gasteiger partial charge in [0.2, 0.25) is 11.7 Å². The molecule has 0 saturated heterocycles. The second-order valence-corrected chi connectivity index (χ2v) is 8.32. The number of amides is 1. The quantitative estimate of drug-likeness (QED) is 0.324. The molecule has 1 aliphatic carbocycles. The predicted molar refractivity (Wildman–Crippen MR) is 119 cm³/mol. The summed E-state index contributed by atoms with van der Waals surface area (Å²) in [5.74, 6) is 0.290. The van der Waals surface area contributed by atoms with E-state index < -0.39 is 6.04 Å². The largest absolute Gasteiger partial charge is 0.408 e.